The van der Waals surface area contributed by atoms with Crippen LogP contribution in [0.2, 0.25) is 0 Å². The fraction of sp³-hybridized carbons (Fsp3) is 0.250. The lowest BCUT2D eigenvalue weighted by Crippen LogP contribution is -2.31. The maximum Gasteiger partial charge on any atom is 0.295 e. The molecule has 0 radical (unpaired) electrons. The van der Waals surface area contributed by atoms with Crippen molar-refractivity contribution in [2.75, 3.05) is 13.7 Å². The van der Waals surface area contributed by atoms with E-state index in [1.165, 1.54) is 17.0 Å². The molecular weight excluding hydrogens is 495 g/mol. The number of carbonyl (C=O) groups is 2. The highest BCUT2D eigenvalue weighted by molar-refractivity contribution is 6.46. The SMILES string of the molecule is COc1ccc(/C(O)=C2\C(=O)C(=O)N(CCc3ccc(F)cc3)C2c2c[nH]c3ccccc23)cc1C(C)(C)C. The molecular formula is C32H31FN2O4. The minimum atomic E-state index is -0.804. The summed E-state index contributed by atoms with van der Waals surface area (Å²) in [6.07, 6.45) is 2.21. The van der Waals surface area contributed by atoms with Gasteiger partial charge in [0.25, 0.3) is 11.7 Å². The Labute approximate surface area is 226 Å². The molecule has 7 heteroatoms. The highest BCUT2D eigenvalue weighted by Gasteiger charge is 2.46. The van der Waals surface area contributed by atoms with E-state index in [1.54, 1.807) is 37.6 Å². The van der Waals surface area contributed by atoms with Gasteiger partial charge in [-0.25, -0.2) is 4.39 Å². The third kappa shape index (κ3) is 4.80. The van der Waals surface area contributed by atoms with Crippen molar-refractivity contribution in [2.45, 2.75) is 38.6 Å². The van der Waals surface area contributed by atoms with E-state index in [9.17, 15) is 19.1 Å². The van der Waals surface area contributed by atoms with Crippen LogP contribution in [0.15, 0.2) is 78.5 Å². The van der Waals surface area contributed by atoms with Crippen molar-refractivity contribution in [1.29, 1.82) is 0 Å². The lowest BCUT2D eigenvalue weighted by molar-refractivity contribution is -0.139. The van der Waals surface area contributed by atoms with Gasteiger partial charge >= 0.3 is 0 Å². The van der Waals surface area contributed by atoms with Gasteiger partial charge in [-0.05, 0) is 53.8 Å². The molecule has 0 aliphatic carbocycles. The van der Waals surface area contributed by atoms with Crippen LogP contribution in [0.3, 0.4) is 0 Å². The van der Waals surface area contributed by atoms with Gasteiger partial charge in [0.05, 0.1) is 18.7 Å². The number of methoxy groups -OCH3 is 1. The van der Waals surface area contributed by atoms with E-state index in [4.69, 9.17) is 4.74 Å². The first-order valence-electron chi connectivity index (χ1n) is 12.9. The first-order chi connectivity index (χ1) is 18.6. The molecule has 6 nitrogen and oxygen atoms in total. The molecule has 39 heavy (non-hydrogen) atoms. The van der Waals surface area contributed by atoms with Gasteiger partial charge in [-0.3, -0.25) is 9.59 Å². The number of para-hydroxylation sites is 1. The summed E-state index contributed by atoms with van der Waals surface area (Å²) in [5.41, 5.74) is 3.45. The van der Waals surface area contributed by atoms with Crippen molar-refractivity contribution in [3.63, 3.8) is 0 Å². The molecule has 4 aromatic rings. The van der Waals surface area contributed by atoms with Crippen molar-refractivity contribution >= 4 is 28.4 Å². The van der Waals surface area contributed by atoms with Crippen molar-refractivity contribution in [2.24, 2.45) is 0 Å². The number of rotatable bonds is 6. The molecule has 1 unspecified atom stereocenters. The minimum absolute atomic E-state index is 0.0360. The maximum absolute atomic E-state index is 13.5. The fourth-order valence-electron chi connectivity index (χ4n) is 5.25. The summed E-state index contributed by atoms with van der Waals surface area (Å²) < 4.78 is 19.0. The highest BCUT2D eigenvalue weighted by Crippen LogP contribution is 2.43. The molecule has 1 saturated heterocycles. The molecule has 1 atom stereocenters. The van der Waals surface area contributed by atoms with Crippen LogP contribution < -0.4 is 4.74 Å². The van der Waals surface area contributed by atoms with Gasteiger partial charge in [0.2, 0.25) is 0 Å². The van der Waals surface area contributed by atoms with Crippen LogP contribution in [-0.4, -0.2) is 40.3 Å². The summed E-state index contributed by atoms with van der Waals surface area (Å²) in [7, 11) is 1.59. The number of aliphatic hydroxyl groups excluding tert-OH is 1. The highest BCUT2D eigenvalue weighted by atomic mass is 19.1. The standard InChI is InChI=1S/C32H31FN2O4/c1-32(2,3)24-17-20(11-14-26(24)39-4)29(36)27-28(23-18-34-25-8-6-5-7-22(23)25)35(31(38)30(27)37)16-15-19-9-12-21(33)13-10-19/h5-14,17-18,28,34,36H,15-16H2,1-4H3/b29-27+. The normalized spacial score (nSPS) is 17.3. The Kier molecular flexibility index (Phi) is 6.76. The number of aromatic amines is 1. The average Bonchev–Trinajstić information content (AvgIpc) is 3.45. The third-order valence-corrected chi connectivity index (χ3v) is 7.29. The van der Waals surface area contributed by atoms with Crippen molar-refractivity contribution in [3.8, 4) is 5.75 Å². The van der Waals surface area contributed by atoms with E-state index < -0.39 is 17.7 Å². The van der Waals surface area contributed by atoms with Gasteiger partial charge in [-0.1, -0.05) is 51.1 Å². The van der Waals surface area contributed by atoms with Gasteiger partial charge in [0.15, 0.2) is 0 Å². The molecule has 1 fully saturated rings. The Morgan fingerprint density at radius 2 is 1.77 bits per heavy atom. The summed E-state index contributed by atoms with van der Waals surface area (Å²) in [5, 5.41) is 12.5. The zero-order valence-corrected chi connectivity index (χ0v) is 22.4. The molecule has 200 valence electrons. The fourth-order valence-corrected chi connectivity index (χ4v) is 5.25. The molecule has 3 aromatic carbocycles. The number of ether oxygens (including phenoxy) is 1. The number of hydrogen-bond donors (Lipinski definition) is 2. The van der Waals surface area contributed by atoms with Crippen molar-refractivity contribution in [3.05, 3.63) is 107 Å². The molecule has 2 N–H and O–H groups in total. The first-order valence-corrected chi connectivity index (χ1v) is 12.9. The second-order valence-corrected chi connectivity index (χ2v) is 10.8. The quantitative estimate of drug-likeness (QED) is 0.176. The number of ketones is 1. The van der Waals surface area contributed by atoms with E-state index in [-0.39, 0.29) is 29.1 Å². The zero-order chi connectivity index (χ0) is 27.9. The van der Waals surface area contributed by atoms with E-state index in [0.717, 1.165) is 27.6 Å². The second kappa shape index (κ2) is 10.1. The molecule has 2 heterocycles. The number of amides is 1. The number of aromatic nitrogens is 1. The van der Waals surface area contributed by atoms with E-state index in [2.05, 4.69) is 4.98 Å². The predicted octanol–water partition coefficient (Wildman–Crippen LogP) is 6.28. The van der Waals surface area contributed by atoms with Crippen LogP contribution in [0, 0.1) is 5.82 Å². The van der Waals surface area contributed by atoms with Crippen LogP contribution in [0.1, 0.15) is 49.1 Å². The van der Waals surface area contributed by atoms with Crippen LogP contribution in [0.4, 0.5) is 4.39 Å². The number of nitrogens with zero attached hydrogens (tertiary/aromatic N) is 1. The van der Waals surface area contributed by atoms with Gasteiger partial charge in [-0.15, -0.1) is 0 Å². The molecule has 1 aliphatic rings. The third-order valence-electron chi connectivity index (χ3n) is 7.29. The Morgan fingerprint density at radius 3 is 2.46 bits per heavy atom. The van der Waals surface area contributed by atoms with Crippen LogP contribution in [0.5, 0.6) is 5.75 Å². The topological polar surface area (TPSA) is 82.6 Å². The number of H-pyrrole nitrogens is 1. The maximum atomic E-state index is 13.5. The summed E-state index contributed by atoms with van der Waals surface area (Å²) in [6.45, 7) is 6.33. The van der Waals surface area contributed by atoms with Gasteiger partial charge in [0, 0.05) is 40.3 Å². The summed E-state index contributed by atoms with van der Waals surface area (Å²) >= 11 is 0. The molecule has 1 aliphatic heterocycles. The van der Waals surface area contributed by atoms with Crippen LogP contribution in [-0.2, 0) is 21.4 Å². The molecule has 0 spiro atoms. The number of aliphatic hydroxyl groups is 1. The molecule has 0 bridgehead atoms. The first kappa shape index (κ1) is 26.2. The van der Waals surface area contributed by atoms with Gasteiger partial charge in [-0.2, -0.15) is 0 Å². The monoisotopic (exact) mass is 526 g/mol. The Hall–Kier alpha value is -4.39. The van der Waals surface area contributed by atoms with E-state index in [1.807, 2.05) is 51.1 Å². The number of likely N-dealkylation sites (tertiary alicyclic amines) is 1. The number of hydrogen-bond acceptors (Lipinski definition) is 4. The Balaban J connectivity index is 1.65. The largest absolute Gasteiger partial charge is 0.507 e. The Morgan fingerprint density at radius 1 is 1.05 bits per heavy atom. The summed E-state index contributed by atoms with van der Waals surface area (Å²) in [5.74, 6) is -1.33. The number of Topliss-reactive ketones (excluding diaryl/α,β-unsaturated/α-hetero) is 1. The lowest BCUT2D eigenvalue weighted by Gasteiger charge is -2.25. The van der Waals surface area contributed by atoms with Gasteiger partial charge < -0.3 is 19.7 Å². The van der Waals surface area contributed by atoms with Gasteiger partial charge in [0.1, 0.15) is 17.3 Å². The predicted molar refractivity (Wildman–Crippen MR) is 149 cm³/mol. The smallest absolute Gasteiger partial charge is 0.295 e. The second-order valence-electron chi connectivity index (χ2n) is 10.8. The van der Waals surface area contributed by atoms with Crippen molar-refractivity contribution < 1.29 is 23.8 Å². The summed E-state index contributed by atoms with van der Waals surface area (Å²) in [4.78, 5) is 31.7. The molecule has 1 aromatic heterocycles. The number of fused-ring (bicyclic) bond motifs is 1. The zero-order valence-electron chi connectivity index (χ0n) is 22.4. The van der Waals surface area contributed by atoms with E-state index in [0.29, 0.717) is 17.7 Å². The number of halogens is 1. The van der Waals surface area contributed by atoms with E-state index >= 15 is 0 Å². The lowest BCUT2D eigenvalue weighted by atomic mass is 9.84. The number of nitrogens with one attached hydrogen (secondary N) is 1. The minimum Gasteiger partial charge on any atom is -0.507 e. The van der Waals surface area contributed by atoms with Crippen molar-refractivity contribution in [1.82, 2.24) is 9.88 Å². The number of benzene rings is 3. The molecule has 1 amide bonds. The Bertz CT molecular complexity index is 1590. The van der Waals surface area contributed by atoms with Crippen LogP contribution in [0.25, 0.3) is 16.7 Å². The molecule has 5 rings (SSSR count). The average molecular weight is 527 g/mol. The van der Waals surface area contributed by atoms with Crippen LogP contribution >= 0.6 is 0 Å². The number of carbonyl (C=O) groups excluding carboxylic acids is 2. The summed E-state index contributed by atoms with van der Waals surface area (Å²) in [6, 6.07) is 18.2. The molecule has 0 saturated carbocycles.